The summed E-state index contributed by atoms with van der Waals surface area (Å²) in [5, 5.41) is 0. The fourth-order valence-corrected chi connectivity index (χ4v) is 1.01. The number of hydrogen-bond donors (Lipinski definition) is 0. The van der Waals surface area contributed by atoms with Crippen molar-refractivity contribution in [2.75, 3.05) is 0 Å². The zero-order chi connectivity index (χ0) is 8.97. The van der Waals surface area contributed by atoms with Crippen LogP contribution in [0.5, 0.6) is 0 Å². The second kappa shape index (κ2) is 4.42. The Bertz CT molecular complexity index is 233. The van der Waals surface area contributed by atoms with Crippen molar-refractivity contribution >= 4 is 0 Å². The molecular weight excluding hydrogens is 180 g/mol. The van der Waals surface area contributed by atoms with Gasteiger partial charge >= 0.3 is 0 Å². The molecule has 0 bridgehead atoms. The molecule has 0 spiro atoms. The van der Waals surface area contributed by atoms with Crippen LogP contribution in [0.4, 0.5) is 0 Å². The van der Waals surface area contributed by atoms with Crippen molar-refractivity contribution in [3.05, 3.63) is 35.4 Å². The molecule has 4 heteroatoms. The molecule has 0 unspecified atom stereocenters. The molecule has 0 amide bonds. The zero-order valence-electron chi connectivity index (χ0n) is 6.62. The summed E-state index contributed by atoms with van der Waals surface area (Å²) >= 11 is 0. The number of benzene rings is 1. The maximum absolute atomic E-state index is 9.98. The van der Waals surface area contributed by atoms with Crippen molar-refractivity contribution in [3.63, 3.8) is 0 Å². The number of hydrogen-bond acceptors (Lipinski definition) is 3. The molecule has 0 aromatic heterocycles. The topological polar surface area (TPSA) is 55.3 Å². The third-order valence-electron chi connectivity index (χ3n) is 1.43. The fraction of sp³-hybridized carbons (Fsp3) is 0.250. The first kappa shape index (κ1) is 9.48. The minimum atomic E-state index is -2.11. The van der Waals surface area contributed by atoms with E-state index in [1.807, 2.05) is 31.2 Å². The molecule has 0 aliphatic rings. The SMILES string of the molecule is Cc1ccc(CO[Cl+2]([O-])[O-])cc1. The predicted molar refractivity (Wildman–Crippen MR) is 36.0 cm³/mol. The molecule has 0 heterocycles. The lowest BCUT2D eigenvalue weighted by Crippen LogP contribution is -2.33. The highest BCUT2D eigenvalue weighted by Crippen LogP contribution is 2.04. The van der Waals surface area contributed by atoms with Crippen LogP contribution in [0.25, 0.3) is 0 Å². The third-order valence-corrected chi connectivity index (χ3v) is 1.72. The van der Waals surface area contributed by atoms with E-state index in [9.17, 15) is 9.32 Å². The molecule has 0 saturated heterocycles. The van der Waals surface area contributed by atoms with Gasteiger partial charge in [0.15, 0.2) is 6.61 Å². The maximum atomic E-state index is 9.98. The monoisotopic (exact) mass is 188 g/mol. The minimum absolute atomic E-state index is 0.0911. The van der Waals surface area contributed by atoms with Crippen LogP contribution < -0.4 is 9.32 Å². The summed E-state index contributed by atoms with van der Waals surface area (Å²) in [5.74, 6) is 0. The van der Waals surface area contributed by atoms with E-state index in [1.165, 1.54) is 0 Å². The highest BCUT2D eigenvalue weighted by molar-refractivity contribution is 5.20. The molecule has 0 fully saturated rings. The van der Waals surface area contributed by atoms with Gasteiger partial charge in [-0.2, -0.15) is 0 Å². The zero-order valence-corrected chi connectivity index (χ0v) is 7.38. The number of aryl methyl sites for hydroxylation is 1. The Morgan fingerprint density at radius 2 is 1.83 bits per heavy atom. The molecule has 1 rings (SSSR count). The number of rotatable bonds is 3. The molecule has 0 N–H and O–H groups in total. The minimum Gasteiger partial charge on any atom is -0.320 e. The van der Waals surface area contributed by atoms with Crippen LogP contribution in [-0.2, 0) is 10.9 Å². The first-order valence-corrected chi connectivity index (χ1v) is 4.35. The van der Waals surface area contributed by atoms with Crippen LogP contribution in [0, 0.1) is 17.7 Å². The van der Waals surface area contributed by atoms with Gasteiger partial charge in [-0.05, 0) is 12.5 Å². The van der Waals surface area contributed by atoms with Crippen LogP contribution in [0.15, 0.2) is 24.3 Å². The summed E-state index contributed by atoms with van der Waals surface area (Å²) < 4.78 is 24.3. The van der Waals surface area contributed by atoms with Gasteiger partial charge in [0.05, 0.1) is 0 Å². The lowest BCUT2D eigenvalue weighted by molar-refractivity contribution is -1.63. The second-order valence-corrected chi connectivity index (χ2v) is 3.02. The van der Waals surface area contributed by atoms with Gasteiger partial charge in [-0.3, -0.25) is 0 Å². The lowest BCUT2D eigenvalue weighted by Gasteiger charge is -1.96. The molecule has 1 aromatic rings. The van der Waals surface area contributed by atoms with E-state index < -0.39 is 10.8 Å². The van der Waals surface area contributed by atoms with Crippen molar-refractivity contribution in [1.29, 1.82) is 0 Å². The molecule has 66 valence electrons. The maximum Gasteiger partial charge on any atom is 0.286 e. The Labute approximate surface area is 74.0 Å². The first-order chi connectivity index (χ1) is 5.68. The Morgan fingerprint density at radius 1 is 1.25 bits per heavy atom. The smallest absolute Gasteiger partial charge is 0.286 e. The molecule has 0 aliphatic heterocycles. The van der Waals surface area contributed by atoms with Crippen molar-refractivity contribution in [3.8, 4) is 0 Å². The summed E-state index contributed by atoms with van der Waals surface area (Å²) in [6, 6.07) is 7.47. The molecule has 12 heavy (non-hydrogen) atoms. The molecule has 0 saturated carbocycles. The third kappa shape index (κ3) is 3.19. The van der Waals surface area contributed by atoms with Crippen molar-refractivity contribution in [2.24, 2.45) is 0 Å². The average Bonchev–Trinajstić information content (AvgIpc) is 2.03. The second-order valence-electron chi connectivity index (χ2n) is 2.43. The lowest BCUT2D eigenvalue weighted by atomic mass is 10.2. The standard InChI is InChI=1S/C8H9ClO3/c1-7-2-4-8(5-3-7)6-12-9(10)11/h2-5H,6H2,1H3. The van der Waals surface area contributed by atoms with Gasteiger partial charge in [-0.15, -0.1) is 0 Å². The van der Waals surface area contributed by atoms with E-state index >= 15 is 0 Å². The van der Waals surface area contributed by atoms with Crippen molar-refractivity contribution < 1.29 is 24.4 Å². The Hall–Kier alpha value is -0.610. The van der Waals surface area contributed by atoms with Gasteiger partial charge in [0.2, 0.25) is 0 Å². The molecule has 1 aromatic carbocycles. The average molecular weight is 189 g/mol. The Kier molecular flexibility index (Phi) is 3.49. The first-order valence-electron chi connectivity index (χ1n) is 3.43. The Balaban J connectivity index is 2.48. The van der Waals surface area contributed by atoms with E-state index in [4.69, 9.17) is 0 Å². The fourth-order valence-electron chi connectivity index (χ4n) is 0.792. The summed E-state index contributed by atoms with van der Waals surface area (Å²) in [4.78, 5) is 0. The molecular formula is C8H9ClO3. The Morgan fingerprint density at radius 3 is 2.33 bits per heavy atom. The number of halogens is 1. The van der Waals surface area contributed by atoms with Crippen LogP contribution in [0.3, 0.4) is 0 Å². The molecule has 0 radical (unpaired) electrons. The van der Waals surface area contributed by atoms with E-state index in [2.05, 4.69) is 4.29 Å². The van der Waals surface area contributed by atoms with Crippen molar-refractivity contribution in [2.45, 2.75) is 13.5 Å². The highest BCUT2D eigenvalue weighted by atomic mass is 35.6. The van der Waals surface area contributed by atoms with Crippen LogP contribution in [0.1, 0.15) is 11.1 Å². The van der Waals surface area contributed by atoms with E-state index in [0.29, 0.717) is 0 Å². The van der Waals surface area contributed by atoms with Gasteiger partial charge in [0.1, 0.15) is 0 Å². The van der Waals surface area contributed by atoms with Gasteiger partial charge < -0.3 is 9.32 Å². The molecule has 0 atom stereocenters. The van der Waals surface area contributed by atoms with E-state index in [-0.39, 0.29) is 6.61 Å². The molecule has 0 aliphatic carbocycles. The van der Waals surface area contributed by atoms with Crippen molar-refractivity contribution in [1.82, 2.24) is 0 Å². The van der Waals surface area contributed by atoms with Crippen LogP contribution >= 0.6 is 0 Å². The van der Waals surface area contributed by atoms with E-state index in [1.54, 1.807) is 0 Å². The quantitative estimate of drug-likeness (QED) is 0.649. The summed E-state index contributed by atoms with van der Waals surface area (Å²) in [6.07, 6.45) is 0. The van der Waals surface area contributed by atoms with E-state index in [0.717, 1.165) is 11.1 Å². The summed E-state index contributed by atoms with van der Waals surface area (Å²) in [5.41, 5.74) is 1.98. The van der Waals surface area contributed by atoms with Crippen LogP contribution in [-0.4, -0.2) is 0 Å². The summed E-state index contributed by atoms with van der Waals surface area (Å²) in [6.45, 7) is 2.06. The van der Waals surface area contributed by atoms with Crippen LogP contribution in [0.2, 0.25) is 0 Å². The largest absolute Gasteiger partial charge is 0.320 e. The van der Waals surface area contributed by atoms with Gasteiger partial charge in [0.25, 0.3) is 10.8 Å². The summed E-state index contributed by atoms with van der Waals surface area (Å²) in [7, 11) is -2.11. The normalized spacial score (nSPS) is 10.7. The van der Waals surface area contributed by atoms with Gasteiger partial charge in [-0.1, -0.05) is 29.8 Å². The highest BCUT2D eigenvalue weighted by Gasteiger charge is 2.06. The van der Waals surface area contributed by atoms with Gasteiger partial charge in [-0.25, -0.2) is 0 Å². The molecule has 3 nitrogen and oxygen atoms in total. The van der Waals surface area contributed by atoms with Gasteiger partial charge in [0, 0.05) is 4.29 Å². The predicted octanol–water partition coefficient (Wildman–Crippen LogP) is -0.402.